The van der Waals surface area contributed by atoms with Gasteiger partial charge < -0.3 is 5.32 Å². The highest BCUT2D eigenvalue weighted by Gasteiger charge is 2.05. The molecule has 0 aliphatic carbocycles. The summed E-state index contributed by atoms with van der Waals surface area (Å²) in [6, 6.07) is 11.5. The van der Waals surface area contributed by atoms with E-state index in [0.717, 1.165) is 16.9 Å². The Balaban J connectivity index is 1.87. The molecular weight excluding hydrogens is 264 g/mol. The van der Waals surface area contributed by atoms with Crippen LogP contribution in [0.1, 0.15) is 6.42 Å². The molecule has 104 valence electrons. The second-order valence-corrected chi connectivity index (χ2v) is 4.55. The normalized spacial score (nSPS) is 10.5. The zero-order chi connectivity index (χ0) is 14.7. The molecule has 5 heteroatoms. The molecule has 0 aliphatic rings. The summed E-state index contributed by atoms with van der Waals surface area (Å²) in [4.78, 5) is 20.2. The average molecular weight is 278 g/mol. The van der Waals surface area contributed by atoms with Crippen LogP contribution in [0.4, 0.5) is 5.69 Å². The first-order valence-corrected chi connectivity index (χ1v) is 6.57. The van der Waals surface area contributed by atoms with Crippen LogP contribution in [0.3, 0.4) is 0 Å². The first-order valence-electron chi connectivity index (χ1n) is 6.57. The van der Waals surface area contributed by atoms with Crippen molar-refractivity contribution in [3.8, 4) is 5.82 Å². The SMILES string of the molecule is C=CCC(=O)Nc1ccc(-n2cnc3ccccc32)nc1. The third-order valence-electron chi connectivity index (χ3n) is 3.06. The molecular formula is C16H14N4O. The molecule has 1 amide bonds. The summed E-state index contributed by atoms with van der Waals surface area (Å²) >= 11 is 0. The summed E-state index contributed by atoms with van der Waals surface area (Å²) < 4.78 is 1.91. The van der Waals surface area contributed by atoms with E-state index in [9.17, 15) is 4.79 Å². The van der Waals surface area contributed by atoms with Crippen molar-refractivity contribution < 1.29 is 4.79 Å². The number of benzene rings is 1. The number of carbonyl (C=O) groups is 1. The van der Waals surface area contributed by atoms with Gasteiger partial charge in [0.1, 0.15) is 12.1 Å². The molecule has 3 rings (SSSR count). The third kappa shape index (κ3) is 2.67. The highest BCUT2D eigenvalue weighted by atomic mass is 16.1. The van der Waals surface area contributed by atoms with Gasteiger partial charge in [-0.3, -0.25) is 9.36 Å². The molecule has 0 radical (unpaired) electrons. The van der Waals surface area contributed by atoms with Crippen molar-refractivity contribution in [2.45, 2.75) is 6.42 Å². The van der Waals surface area contributed by atoms with Crippen molar-refractivity contribution in [2.75, 3.05) is 5.32 Å². The first-order chi connectivity index (χ1) is 10.3. The van der Waals surface area contributed by atoms with Crippen LogP contribution in [0.15, 0.2) is 61.6 Å². The summed E-state index contributed by atoms with van der Waals surface area (Å²) in [5.74, 6) is 0.651. The fourth-order valence-corrected chi connectivity index (χ4v) is 2.09. The quantitative estimate of drug-likeness (QED) is 0.746. The standard InChI is InChI=1S/C16H14N4O/c1-2-5-16(21)19-12-8-9-15(17-10-12)20-11-18-13-6-3-4-7-14(13)20/h2-4,6-11H,1,5H2,(H,19,21). The van der Waals surface area contributed by atoms with E-state index in [-0.39, 0.29) is 12.3 Å². The number of aromatic nitrogens is 3. The number of amides is 1. The van der Waals surface area contributed by atoms with E-state index in [1.165, 1.54) is 0 Å². The van der Waals surface area contributed by atoms with Gasteiger partial charge in [-0.15, -0.1) is 6.58 Å². The third-order valence-corrected chi connectivity index (χ3v) is 3.06. The Labute approximate surface area is 122 Å². The number of carbonyl (C=O) groups excluding carboxylic acids is 1. The zero-order valence-electron chi connectivity index (χ0n) is 11.4. The fourth-order valence-electron chi connectivity index (χ4n) is 2.09. The molecule has 1 N–H and O–H groups in total. The van der Waals surface area contributed by atoms with E-state index in [0.29, 0.717) is 5.69 Å². The molecule has 1 aromatic carbocycles. The molecule has 2 heterocycles. The summed E-state index contributed by atoms with van der Waals surface area (Å²) in [6.45, 7) is 3.53. The van der Waals surface area contributed by atoms with Crippen molar-refractivity contribution in [1.29, 1.82) is 0 Å². The van der Waals surface area contributed by atoms with E-state index < -0.39 is 0 Å². The number of hydrogen-bond donors (Lipinski definition) is 1. The lowest BCUT2D eigenvalue weighted by atomic mass is 10.3. The number of nitrogens with one attached hydrogen (secondary N) is 1. The van der Waals surface area contributed by atoms with Gasteiger partial charge >= 0.3 is 0 Å². The van der Waals surface area contributed by atoms with Crippen molar-refractivity contribution in [3.63, 3.8) is 0 Å². The minimum absolute atomic E-state index is 0.104. The van der Waals surface area contributed by atoms with Crippen molar-refractivity contribution >= 4 is 22.6 Å². The smallest absolute Gasteiger partial charge is 0.228 e. The minimum Gasteiger partial charge on any atom is -0.324 e. The summed E-state index contributed by atoms with van der Waals surface area (Å²) in [6.07, 6.45) is 5.22. The summed E-state index contributed by atoms with van der Waals surface area (Å²) in [5.41, 5.74) is 2.58. The average Bonchev–Trinajstić information content (AvgIpc) is 2.92. The topological polar surface area (TPSA) is 59.8 Å². The number of anilines is 1. The van der Waals surface area contributed by atoms with E-state index in [1.807, 2.05) is 41.0 Å². The van der Waals surface area contributed by atoms with Crippen LogP contribution in [-0.4, -0.2) is 20.4 Å². The van der Waals surface area contributed by atoms with Crippen LogP contribution in [0.25, 0.3) is 16.9 Å². The first kappa shape index (κ1) is 13.1. The monoisotopic (exact) mass is 278 g/mol. The lowest BCUT2D eigenvalue weighted by Gasteiger charge is -2.06. The van der Waals surface area contributed by atoms with Crippen molar-refractivity contribution in [2.24, 2.45) is 0 Å². The van der Waals surface area contributed by atoms with E-state index in [1.54, 1.807) is 18.6 Å². The number of fused-ring (bicyclic) bond motifs is 1. The van der Waals surface area contributed by atoms with Crippen LogP contribution in [0.2, 0.25) is 0 Å². The van der Waals surface area contributed by atoms with Gasteiger partial charge in [0, 0.05) is 6.42 Å². The summed E-state index contributed by atoms with van der Waals surface area (Å²) in [7, 11) is 0. The second-order valence-electron chi connectivity index (χ2n) is 4.55. The Kier molecular flexibility index (Phi) is 3.47. The lowest BCUT2D eigenvalue weighted by molar-refractivity contribution is -0.115. The molecule has 3 aromatic rings. The molecule has 0 spiro atoms. The van der Waals surface area contributed by atoms with Gasteiger partial charge in [0.15, 0.2) is 0 Å². The predicted octanol–water partition coefficient (Wildman–Crippen LogP) is 2.94. The van der Waals surface area contributed by atoms with Crippen molar-refractivity contribution in [1.82, 2.24) is 14.5 Å². The number of nitrogens with zero attached hydrogens (tertiary/aromatic N) is 3. The van der Waals surface area contributed by atoms with Gasteiger partial charge in [0.2, 0.25) is 5.91 Å². The Bertz CT molecular complexity index is 789. The highest BCUT2D eigenvalue weighted by Crippen LogP contribution is 2.17. The predicted molar refractivity (Wildman–Crippen MR) is 82.3 cm³/mol. The number of hydrogen-bond acceptors (Lipinski definition) is 3. The van der Waals surface area contributed by atoms with Crippen LogP contribution in [0.5, 0.6) is 0 Å². The maximum atomic E-state index is 11.5. The van der Waals surface area contributed by atoms with E-state index >= 15 is 0 Å². The molecule has 21 heavy (non-hydrogen) atoms. The minimum atomic E-state index is -0.104. The molecule has 0 aliphatic heterocycles. The molecule has 0 unspecified atom stereocenters. The maximum absolute atomic E-state index is 11.5. The van der Waals surface area contributed by atoms with Crippen LogP contribution in [-0.2, 0) is 4.79 Å². The molecule has 0 saturated carbocycles. The number of rotatable bonds is 4. The zero-order valence-corrected chi connectivity index (χ0v) is 11.4. The van der Waals surface area contributed by atoms with Gasteiger partial charge in [-0.05, 0) is 24.3 Å². The molecule has 0 saturated heterocycles. The fraction of sp³-hybridized carbons (Fsp3) is 0.0625. The summed E-state index contributed by atoms with van der Waals surface area (Å²) in [5, 5.41) is 2.75. The molecule has 5 nitrogen and oxygen atoms in total. The van der Waals surface area contributed by atoms with Gasteiger partial charge in [0.25, 0.3) is 0 Å². The van der Waals surface area contributed by atoms with Crippen molar-refractivity contribution in [3.05, 3.63) is 61.6 Å². The van der Waals surface area contributed by atoms with Crippen LogP contribution < -0.4 is 5.32 Å². The van der Waals surface area contributed by atoms with Gasteiger partial charge in [-0.25, -0.2) is 9.97 Å². The number of imidazole rings is 1. The van der Waals surface area contributed by atoms with Gasteiger partial charge in [-0.2, -0.15) is 0 Å². The Morgan fingerprint density at radius 3 is 2.86 bits per heavy atom. The Hall–Kier alpha value is -2.95. The highest BCUT2D eigenvalue weighted by molar-refractivity contribution is 5.91. The number of pyridine rings is 1. The van der Waals surface area contributed by atoms with E-state index in [4.69, 9.17) is 0 Å². The largest absolute Gasteiger partial charge is 0.324 e. The molecule has 0 bridgehead atoms. The Morgan fingerprint density at radius 2 is 2.10 bits per heavy atom. The Morgan fingerprint density at radius 1 is 1.24 bits per heavy atom. The molecule has 2 aromatic heterocycles. The van der Waals surface area contributed by atoms with E-state index in [2.05, 4.69) is 21.9 Å². The molecule has 0 fully saturated rings. The van der Waals surface area contributed by atoms with Crippen LogP contribution in [0, 0.1) is 0 Å². The second kappa shape index (κ2) is 5.58. The van der Waals surface area contributed by atoms with Gasteiger partial charge in [0.05, 0.1) is 22.9 Å². The lowest BCUT2D eigenvalue weighted by Crippen LogP contribution is -2.10. The molecule has 0 atom stereocenters. The maximum Gasteiger partial charge on any atom is 0.228 e. The van der Waals surface area contributed by atoms with Crippen LogP contribution >= 0.6 is 0 Å². The van der Waals surface area contributed by atoms with Gasteiger partial charge in [-0.1, -0.05) is 18.2 Å². The number of para-hydroxylation sites is 2.